The van der Waals surface area contributed by atoms with E-state index >= 15 is 0 Å². The topological polar surface area (TPSA) is 26.3 Å². The fourth-order valence-corrected chi connectivity index (χ4v) is 2.72. The number of unbranched alkanes of at least 4 members (excludes halogenated alkanes) is 8. The summed E-state index contributed by atoms with van der Waals surface area (Å²) in [6.45, 7) is 8.97. The van der Waals surface area contributed by atoms with Crippen LogP contribution in [0.3, 0.4) is 0 Å². The minimum Gasteiger partial charge on any atom is -0.465 e. The number of ether oxygens (including phenoxy) is 1. The zero-order valence-corrected chi connectivity index (χ0v) is 15.7. The van der Waals surface area contributed by atoms with Crippen molar-refractivity contribution in [1.29, 1.82) is 0 Å². The molecule has 0 N–H and O–H groups in total. The Morgan fingerprint density at radius 3 is 1.82 bits per heavy atom. The maximum absolute atomic E-state index is 11.3. The minimum absolute atomic E-state index is 0.000559. The van der Waals surface area contributed by atoms with E-state index in [2.05, 4.69) is 13.8 Å². The van der Waals surface area contributed by atoms with Gasteiger partial charge in [0.25, 0.3) is 0 Å². The minimum atomic E-state index is -0.0633. The van der Waals surface area contributed by atoms with Gasteiger partial charge in [0.15, 0.2) is 0 Å². The van der Waals surface area contributed by atoms with Gasteiger partial charge in [-0.15, -0.1) is 0 Å². The second-order valence-corrected chi connectivity index (χ2v) is 7.19. The smallest absolute Gasteiger partial charge is 0.308 e. The van der Waals surface area contributed by atoms with E-state index in [4.69, 9.17) is 4.74 Å². The summed E-state index contributed by atoms with van der Waals surface area (Å²) in [6, 6.07) is 0. The van der Waals surface area contributed by atoms with Crippen LogP contribution in [0, 0.1) is 11.8 Å². The Balaban J connectivity index is 3.26. The lowest BCUT2D eigenvalue weighted by Crippen LogP contribution is -2.12. The van der Waals surface area contributed by atoms with Crippen LogP contribution < -0.4 is 0 Å². The predicted octanol–water partition coefficient (Wildman–Crippen LogP) is 6.52. The van der Waals surface area contributed by atoms with E-state index in [9.17, 15) is 4.79 Å². The SMILES string of the molecule is CCCCCCCCCCCC(C)CCCOC(=O)C(C)C. The van der Waals surface area contributed by atoms with Crippen LogP contribution in [0.15, 0.2) is 0 Å². The summed E-state index contributed by atoms with van der Waals surface area (Å²) in [5.41, 5.74) is 0. The van der Waals surface area contributed by atoms with E-state index in [-0.39, 0.29) is 11.9 Å². The molecule has 132 valence electrons. The average Bonchev–Trinajstić information content (AvgIpc) is 2.49. The van der Waals surface area contributed by atoms with Crippen LogP contribution in [-0.4, -0.2) is 12.6 Å². The molecule has 0 aromatic rings. The molecule has 0 amide bonds. The molecule has 0 fully saturated rings. The zero-order chi connectivity index (χ0) is 16.6. The number of esters is 1. The Hall–Kier alpha value is -0.530. The van der Waals surface area contributed by atoms with E-state index in [0.717, 1.165) is 12.3 Å². The lowest BCUT2D eigenvalue weighted by molar-refractivity contribution is -0.147. The highest BCUT2D eigenvalue weighted by Gasteiger charge is 2.08. The van der Waals surface area contributed by atoms with Gasteiger partial charge in [-0.3, -0.25) is 4.79 Å². The monoisotopic (exact) mass is 312 g/mol. The Morgan fingerprint density at radius 2 is 1.27 bits per heavy atom. The number of hydrogen-bond donors (Lipinski definition) is 0. The van der Waals surface area contributed by atoms with Gasteiger partial charge in [0.2, 0.25) is 0 Å². The van der Waals surface area contributed by atoms with Crippen molar-refractivity contribution < 1.29 is 9.53 Å². The molecule has 0 heterocycles. The molecule has 0 rings (SSSR count). The third-order valence-electron chi connectivity index (χ3n) is 4.36. The van der Waals surface area contributed by atoms with Crippen LogP contribution >= 0.6 is 0 Å². The van der Waals surface area contributed by atoms with Crippen molar-refractivity contribution in [3.05, 3.63) is 0 Å². The highest BCUT2D eigenvalue weighted by molar-refractivity contribution is 5.71. The van der Waals surface area contributed by atoms with Gasteiger partial charge in [-0.1, -0.05) is 91.9 Å². The molecule has 1 unspecified atom stereocenters. The molecule has 0 bridgehead atoms. The second kappa shape index (κ2) is 15.4. The normalized spacial score (nSPS) is 12.6. The zero-order valence-electron chi connectivity index (χ0n) is 15.7. The molecule has 0 aromatic carbocycles. The van der Waals surface area contributed by atoms with Gasteiger partial charge in [0, 0.05) is 0 Å². The van der Waals surface area contributed by atoms with Gasteiger partial charge in [-0.05, 0) is 18.8 Å². The van der Waals surface area contributed by atoms with E-state index < -0.39 is 0 Å². The third kappa shape index (κ3) is 14.4. The van der Waals surface area contributed by atoms with Gasteiger partial charge >= 0.3 is 5.97 Å². The molecule has 0 aliphatic carbocycles. The van der Waals surface area contributed by atoms with Crippen LogP contribution in [-0.2, 0) is 9.53 Å². The Labute approximate surface area is 139 Å². The molecular weight excluding hydrogens is 272 g/mol. The summed E-state index contributed by atoms with van der Waals surface area (Å²) in [5, 5.41) is 0. The second-order valence-electron chi connectivity index (χ2n) is 7.19. The molecule has 0 saturated carbocycles. The standard InChI is InChI=1S/C20H40O2/c1-5-6-7-8-9-10-11-12-13-15-19(4)16-14-17-22-20(21)18(2)3/h18-19H,5-17H2,1-4H3. The molecule has 0 aromatic heterocycles. The number of rotatable bonds is 15. The largest absolute Gasteiger partial charge is 0.465 e. The van der Waals surface area contributed by atoms with Crippen LogP contribution in [0.1, 0.15) is 105 Å². The summed E-state index contributed by atoms with van der Waals surface area (Å²) in [7, 11) is 0. The molecule has 0 aliphatic rings. The maximum atomic E-state index is 11.3. The summed E-state index contributed by atoms with van der Waals surface area (Å²) < 4.78 is 5.21. The fourth-order valence-electron chi connectivity index (χ4n) is 2.72. The molecular formula is C20H40O2. The van der Waals surface area contributed by atoms with Crippen molar-refractivity contribution in [3.63, 3.8) is 0 Å². The molecule has 22 heavy (non-hydrogen) atoms. The van der Waals surface area contributed by atoms with Gasteiger partial charge < -0.3 is 4.74 Å². The quantitative estimate of drug-likeness (QED) is 0.254. The van der Waals surface area contributed by atoms with Crippen molar-refractivity contribution >= 4 is 5.97 Å². The van der Waals surface area contributed by atoms with E-state index in [1.807, 2.05) is 13.8 Å². The van der Waals surface area contributed by atoms with Crippen molar-refractivity contribution in [2.45, 2.75) is 105 Å². The Bertz CT molecular complexity index is 248. The highest BCUT2D eigenvalue weighted by Crippen LogP contribution is 2.17. The summed E-state index contributed by atoms with van der Waals surface area (Å²) >= 11 is 0. The molecule has 0 saturated heterocycles. The summed E-state index contributed by atoms with van der Waals surface area (Å²) in [4.78, 5) is 11.3. The molecule has 0 aliphatic heterocycles. The van der Waals surface area contributed by atoms with Crippen molar-refractivity contribution in [3.8, 4) is 0 Å². The number of hydrogen-bond acceptors (Lipinski definition) is 2. The van der Waals surface area contributed by atoms with E-state index in [1.165, 1.54) is 70.6 Å². The highest BCUT2D eigenvalue weighted by atomic mass is 16.5. The van der Waals surface area contributed by atoms with Crippen LogP contribution in [0.2, 0.25) is 0 Å². The van der Waals surface area contributed by atoms with Gasteiger partial charge in [0.05, 0.1) is 12.5 Å². The lowest BCUT2D eigenvalue weighted by atomic mass is 9.97. The van der Waals surface area contributed by atoms with E-state index in [0.29, 0.717) is 6.61 Å². The lowest BCUT2D eigenvalue weighted by Gasteiger charge is -2.12. The van der Waals surface area contributed by atoms with Crippen LogP contribution in [0.25, 0.3) is 0 Å². The molecule has 0 radical (unpaired) electrons. The first-order valence-electron chi connectivity index (χ1n) is 9.74. The van der Waals surface area contributed by atoms with Crippen LogP contribution in [0.4, 0.5) is 0 Å². The number of carbonyl (C=O) groups excluding carboxylic acids is 1. The van der Waals surface area contributed by atoms with Crippen molar-refractivity contribution in [2.24, 2.45) is 11.8 Å². The molecule has 2 heteroatoms. The average molecular weight is 313 g/mol. The summed E-state index contributed by atoms with van der Waals surface area (Å²) in [5.74, 6) is 0.702. The van der Waals surface area contributed by atoms with Gasteiger partial charge in [0.1, 0.15) is 0 Å². The first-order valence-corrected chi connectivity index (χ1v) is 9.74. The molecule has 1 atom stereocenters. The maximum Gasteiger partial charge on any atom is 0.308 e. The van der Waals surface area contributed by atoms with Crippen LogP contribution in [0.5, 0.6) is 0 Å². The van der Waals surface area contributed by atoms with Crippen molar-refractivity contribution in [1.82, 2.24) is 0 Å². The Morgan fingerprint density at radius 1 is 0.773 bits per heavy atom. The van der Waals surface area contributed by atoms with Gasteiger partial charge in [-0.2, -0.15) is 0 Å². The third-order valence-corrected chi connectivity index (χ3v) is 4.36. The Kier molecular flexibility index (Phi) is 15.0. The number of carbonyl (C=O) groups is 1. The first kappa shape index (κ1) is 21.5. The summed E-state index contributed by atoms with van der Waals surface area (Å²) in [6.07, 6.45) is 16.1. The molecule has 0 spiro atoms. The predicted molar refractivity (Wildman–Crippen MR) is 96.0 cm³/mol. The first-order chi connectivity index (χ1) is 10.6. The molecule has 2 nitrogen and oxygen atoms in total. The van der Waals surface area contributed by atoms with Gasteiger partial charge in [-0.25, -0.2) is 0 Å². The van der Waals surface area contributed by atoms with E-state index in [1.54, 1.807) is 0 Å². The fraction of sp³-hybridized carbons (Fsp3) is 0.950. The van der Waals surface area contributed by atoms with Crippen molar-refractivity contribution in [2.75, 3.05) is 6.61 Å².